The van der Waals surface area contributed by atoms with Crippen molar-refractivity contribution in [2.75, 3.05) is 0 Å². The first-order valence-corrected chi connectivity index (χ1v) is 7.84. The summed E-state index contributed by atoms with van der Waals surface area (Å²) < 4.78 is 81.6. The molecule has 2 N–H and O–H groups in total. The molecule has 0 fully saturated rings. The number of nitrogens with two attached hydrogens (primary N) is 1. The van der Waals surface area contributed by atoms with Crippen molar-refractivity contribution in [2.24, 2.45) is 10.9 Å². The van der Waals surface area contributed by atoms with Crippen LogP contribution >= 0.6 is 0 Å². The minimum Gasteiger partial charge on any atom is -0.374 e. The summed E-state index contributed by atoms with van der Waals surface area (Å²) in [6, 6.07) is 4.49. The second-order valence-electron chi connectivity index (χ2n) is 6.28. The number of rotatable bonds is 3. The molecule has 1 unspecified atom stereocenters. The molecule has 2 aromatic rings. The van der Waals surface area contributed by atoms with Gasteiger partial charge in [-0.15, -0.1) is 0 Å². The van der Waals surface area contributed by atoms with Gasteiger partial charge in [0.25, 0.3) is 5.60 Å². The second-order valence-corrected chi connectivity index (χ2v) is 6.28. The van der Waals surface area contributed by atoms with Crippen molar-refractivity contribution in [3.8, 4) is 0 Å². The zero-order chi connectivity index (χ0) is 20.9. The average molecular weight is 402 g/mol. The van der Waals surface area contributed by atoms with Crippen molar-refractivity contribution in [3.63, 3.8) is 0 Å². The molecule has 0 spiro atoms. The molecule has 148 valence electrons. The summed E-state index contributed by atoms with van der Waals surface area (Å²) in [5.74, 6) is -6.16. The van der Waals surface area contributed by atoms with Gasteiger partial charge in [-0.05, 0) is 42.3 Å². The van der Waals surface area contributed by atoms with Crippen LogP contribution in [0.2, 0.25) is 0 Å². The summed E-state index contributed by atoms with van der Waals surface area (Å²) in [6.07, 6.45) is -6.02. The minimum atomic E-state index is -5.11. The van der Waals surface area contributed by atoms with Crippen molar-refractivity contribution in [2.45, 2.75) is 25.1 Å². The molecule has 1 aliphatic heterocycles. The molecule has 1 aliphatic rings. The van der Waals surface area contributed by atoms with Gasteiger partial charge in [0.2, 0.25) is 5.91 Å². The lowest BCUT2D eigenvalue weighted by Gasteiger charge is -2.29. The van der Waals surface area contributed by atoms with E-state index in [1.54, 1.807) is 0 Å². The van der Waals surface area contributed by atoms with Crippen LogP contribution in [0.15, 0.2) is 35.5 Å². The fraction of sp³-hybridized carbons (Fsp3) is 0.222. The van der Waals surface area contributed by atoms with Gasteiger partial charge in [-0.25, -0.2) is 13.2 Å². The van der Waals surface area contributed by atoms with E-state index in [9.17, 15) is 31.1 Å². The first kappa shape index (κ1) is 19.7. The first-order chi connectivity index (χ1) is 13.0. The molecule has 3 rings (SSSR count). The number of benzene rings is 2. The first-order valence-electron chi connectivity index (χ1n) is 7.84. The van der Waals surface area contributed by atoms with Gasteiger partial charge in [0.15, 0.2) is 17.5 Å². The van der Waals surface area contributed by atoms with Gasteiger partial charge in [-0.3, -0.25) is 4.79 Å². The number of primary amides is 1. The van der Waals surface area contributed by atoms with Crippen LogP contribution in [0.4, 0.5) is 26.3 Å². The Morgan fingerprint density at radius 1 is 1.14 bits per heavy atom. The zero-order valence-corrected chi connectivity index (χ0v) is 14.2. The van der Waals surface area contributed by atoms with Crippen molar-refractivity contribution in [1.29, 1.82) is 0 Å². The molecule has 28 heavy (non-hydrogen) atoms. The number of halogens is 6. The van der Waals surface area contributed by atoms with E-state index in [1.807, 2.05) is 0 Å². The molecule has 0 bridgehead atoms. The molecule has 0 aliphatic carbocycles. The molecule has 1 heterocycles. The summed E-state index contributed by atoms with van der Waals surface area (Å²) in [6.45, 7) is 1.53. The van der Waals surface area contributed by atoms with Gasteiger partial charge in [-0.2, -0.15) is 13.2 Å². The van der Waals surface area contributed by atoms with Crippen molar-refractivity contribution in [3.05, 3.63) is 70.0 Å². The number of nitrogens with zero attached hydrogens (tertiary/aromatic N) is 1. The third-order valence-electron chi connectivity index (χ3n) is 4.46. The van der Waals surface area contributed by atoms with E-state index >= 15 is 0 Å². The van der Waals surface area contributed by atoms with Crippen molar-refractivity contribution >= 4 is 11.6 Å². The van der Waals surface area contributed by atoms with Crippen LogP contribution in [0.1, 0.15) is 33.5 Å². The third kappa shape index (κ3) is 3.08. The summed E-state index contributed by atoms with van der Waals surface area (Å²) in [7, 11) is 0. The largest absolute Gasteiger partial charge is 0.435 e. The van der Waals surface area contributed by atoms with E-state index in [4.69, 9.17) is 5.73 Å². The number of hydrogen-bond acceptors (Lipinski definition) is 3. The molecule has 2 aromatic carbocycles. The molecule has 0 aromatic heterocycles. The van der Waals surface area contributed by atoms with Crippen LogP contribution in [-0.2, 0) is 10.4 Å². The lowest BCUT2D eigenvalue weighted by Crippen LogP contribution is -2.43. The Hall–Kier alpha value is -3.04. The van der Waals surface area contributed by atoms with Gasteiger partial charge in [0.05, 0.1) is 5.71 Å². The Kier molecular flexibility index (Phi) is 4.60. The van der Waals surface area contributed by atoms with E-state index in [-0.39, 0.29) is 29.0 Å². The fourth-order valence-corrected chi connectivity index (χ4v) is 2.97. The van der Waals surface area contributed by atoms with E-state index in [2.05, 4.69) is 9.99 Å². The maximum Gasteiger partial charge on any atom is 0.435 e. The fourth-order valence-electron chi connectivity index (χ4n) is 2.97. The van der Waals surface area contributed by atoms with Gasteiger partial charge < -0.3 is 10.6 Å². The maximum absolute atomic E-state index is 13.8. The maximum atomic E-state index is 13.8. The van der Waals surface area contributed by atoms with E-state index in [0.29, 0.717) is 5.56 Å². The van der Waals surface area contributed by atoms with Crippen LogP contribution < -0.4 is 5.73 Å². The molecule has 0 saturated heterocycles. The number of oxime groups is 1. The molecule has 0 saturated carbocycles. The number of aryl methyl sites for hydroxylation is 1. The highest BCUT2D eigenvalue weighted by molar-refractivity contribution is 6.03. The van der Waals surface area contributed by atoms with Crippen molar-refractivity contribution < 1.29 is 36.0 Å². The Bertz CT molecular complexity index is 979. The monoisotopic (exact) mass is 402 g/mol. The van der Waals surface area contributed by atoms with Crippen LogP contribution in [0.25, 0.3) is 0 Å². The van der Waals surface area contributed by atoms with Crippen LogP contribution in [0.3, 0.4) is 0 Å². The highest BCUT2D eigenvalue weighted by atomic mass is 19.4. The smallest absolute Gasteiger partial charge is 0.374 e. The number of carbonyl (C=O) groups is 1. The van der Waals surface area contributed by atoms with Crippen LogP contribution in [0, 0.1) is 24.4 Å². The molecule has 0 radical (unpaired) electrons. The SMILES string of the molecule is Cc1cc(C2=NOC(c3cc(F)c(F)c(F)c3)(C(F)(F)F)C2)ccc1C(N)=O. The molecule has 1 atom stereocenters. The van der Waals surface area contributed by atoms with E-state index in [0.717, 1.165) is 0 Å². The molecular formula is C18H12F6N2O2. The quantitative estimate of drug-likeness (QED) is 0.621. The summed E-state index contributed by atoms with van der Waals surface area (Å²) in [4.78, 5) is 15.9. The molecule has 4 nitrogen and oxygen atoms in total. The molecule has 10 heteroatoms. The lowest BCUT2D eigenvalue weighted by atomic mass is 9.86. The molecule has 1 amide bonds. The van der Waals surface area contributed by atoms with Gasteiger partial charge in [0.1, 0.15) is 0 Å². The number of carbonyl (C=O) groups excluding carboxylic acids is 1. The minimum absolute atomic E-state index is 0.165. The molecular weight excluding hydrogens is 390 g/mol. The van der Waals surface area contributed by atoms with E-state index in [1.165, 1.54) is 25.1 Å². The summed E-state index contributed by atoms with van der Waals surface area (Å²) in [5.41, 5.74) is 1.66. The highest BCUT2D eigenvalue weighted by Gasteiger charge is 2.62. The number of alkyl halides is 3. The van der Waals surface area contributed by atoms with Crippen LogP contribution in [0.5, 0.6) is 0 Å². The number of hydrogen-bond donors (Lipinski definition) is 1. The Morgan fingerprint density at radius 2 is 1.75 bits per heavy atom. The van der Waals surface area contributed by atoms with Gasteiger partial charge >= 0.3 is 6.18 Å². The second kappa shape index (κ2) is 6.54. The number of amides is 1. The van der Waals surface area contributed by atoms with Gasteiger partial charge in [-0.1, -0.05) is 11.2 Å². The Labute approximate surface area is 154 Å². The summed E-state index contributed by atoms with van der Waals surface area (Å²) >= 11 is 0. The normalized spacial score (nSPS) is 19.3. The summed E-state index contributed by atoms with van der Waals surface area (Å²) in [5, 5.41) is 3.44. The third-order valence-corrected chi connectivity index (χ3v) is 4.46. The predicted molar refractivity (Wildman–Crippen MR) is 86.0 cm³/mol. The van der Waals surface area contributed by atoms with E-state index < -0.39 is 47.1 Å². The van der Waals surface area contributed by atoms with Crippen molar-refractivity contribution in [1.82, 2.24) is 0 Å². The Morgan fingerprint density at radius 3 is 2.25 bits per heavy atom. The highest BCUT2D eigenvalue weighted by Crippen LogP contribution is 2.49. The average Bonchev–Trinajstić information content (AvgIpc) is 3.05. The Balaban J connectivity index is 2.04. The topological polar surface area (TPSA) is 64.7 Å². The predicted octanol–water partition coefficient (Wildman–Crippen LogP) is 4.09. The zero-order valence-electron chi connectivity index (χ0n) is 14.2. The van der Waals surface area contributed by atoms with Gasteiger partial charge in [0, 0.05) is 17.5 Å². The standard InChI is InChI=1S/C18H12F6N2O2/c1-8-4-9(2-3-11(8)16(25)27)14-7-17(28-26-14,18(22,23)24)10-5-12(19)15(21)13(20)6-10/h2-6H,7H2,1H3,(H2,25,27). The lowest BCUT2D eigenvalue weighted by molar-refractivity contribution is -0.276. The van der Waals surface area contributed by atoms with Crippen LogP contribution in [-0.4, -0.2) is 17.8 Å².